The summed E-state index contributed by atoms with van der Waals surface area (Å²) in [6, 6.07) is 15.4. The molecule has 4 aromatic rings. The largest absolute Gasteiger partial charge is 0.438 e. The van der Waals surface area contributed by atoms with Crippen LogP contribution in [0.5, 0.6) is 11.6 Å². The van der Waals surface area contributed by atoms with Gasteiger partial charge >= 0.3 is 0 Å². The average Bonchev–Trinajstić information content (AvgIpc) is 3.03. The summed E-state index contributed by atoms with van der Waals surface area (Å²) in [6.45, 7) is 0. The molecule has 0 aliphatic rings. The Kier molecular flexibility index (Phi) is 3.20. The molecule has 0 radical (unpaired) electrons. The fraction of sp³-hybridized carbons (Fsp3) is 0. The van der Waals surface area contributed by atoms with E-state index in [4.69, 9.17) is 4.74 Å². The van der Waals surface area contributed by atoms with E-state index in [2.05, 4.69) is 15.1 Å². The van der Waals surface area contributed by atoms with Gasteiger partial charge in [-0.25, -0.2) is 19.0 Å². The lowest BCUT2D eigenvalue weighted by Gasteiger charge is -2.06. The molecule has 0 bridgehead atoms. The van der Waals surface area contributed by atoms with Gasteiger partial charge in [-0.05, 0) is 36.4 Å². The Balaban J connectivity index is 1.77. The average molecular weight is 306 g/mol. The first-order valence-corrected chi connectivity index (χ1v) is 6.99. The fourth-order valence-corrected chi connectivity index (χ4v) is 2.28. The first kappa shape index (κ1) is 13.4. The van der Waals surface area contributed by atoms with E-state index in [1.807, 2.05) is 30.3 Å². The molecule has 0 aliphatic carbocycles. The third-order valence-electron chi connectivity index (χ3n) is 3.36. The van der Waals surface area contributed by atoms with Crippen LogP contribution in [0.4, 0.5) is 4.39 Å². The fourth-order valence-electron chi connectivity index (χ4n) is 2.28. The van der Waals surface area contributed by atoms with Gasteiger partial charge < -0.3 is 4.74 Å². The minimum Gasteiger partial charge on any atom is -0.438 e. The van der Waals surface area contributed by atoms with Gasteiger partial charge in [0.25, 0.3) is 0 Å². The van der Waals surface area contributed by atoms with Crippen LogP contribution in [-0.2, 0) is 0 Å². The van der Waals surface area contributed by atoms with Crippen molar-refractivity contribution in [2.75, 3.05) is 0 Å². The molecule has 0 saturated carbocycles. The molecule has 0 N–H and O–H groups in total. The zero-order valence-corrected chi connectivity index (χ0v) is 11.9. The lowest BCUT2D eigenvalue weighted by atomic mass is 10.3. The Morgan fingerprint density at radius 2 is 1.70 bits per heavy atom. The number of nitrogens with zero attached hydrogens (tertiary/aromatic N) is 4. The van der Waals surface area contributed by atoms with Crippen molar-refractivity contribution in [1.82, 2.24) is 19.7 Å². The van der Waals surface area contributed by atoms with Gasteiger partial charge in [-0.1, -0.05) is 18.2 Å². The van der Waals surface area contributed by atoms with Crippen LogP contribution in [0.1, 0.15) is 0 Å². The molecule has 2 aromatic carbocycles. The maximum Gasteiger partial charge on any atom is 0.233 e. The summed E-state index contributed by atoms with van der Waals surface area (Å²) in [7, 11) is 0. The highest BCUT2D eigenvalue weighted by Gasteiger charge is 2.12. The number of benzene rings is 2. The molecule has 5 nitrogen and oxygen atoms in total. The second kappa shape index (κ2) is 5.49. The van der Waals surface area contributed by atoms with Crippen molar-refractivity contribution in [3.8, 4) is 17.3 Å². The molecule has 2 aromatic heterocycles. The molecule has 0 spiro atoms. The van der Waals surface area contributed by atoms with Crippen molar-refractivity contribution in [2.45, 2.75) is 0 Å². The van der Waals surface area contributed by atoms with E-state index in [1.54, 1.807) is 23.0 Å². The molecule has 4 rings (SSSR count). The number of para-hydroxylation sites is 1. The van der Waals surface area contributed by atoms with Crippen molar-refractivity contribution < 1.29 is 9.13 Å². The van der Waals surface area contributed by atoms with Crippen LogP contribution < -0.4 is 4.74 Å². The third kappa shape index (κ3) is 2.50. The zero-order chi connectivity index (χ0) is 15.6. The Morgan fingerprint density at radius 1 is 0.913 bits per heavy atom. The number of halogens is 1. The van der Waals surface area contributed by atoms with Crippen molar-refractivity contribution in [3.05, 3.63) is 72.9 Å². The number of rotatable bonds is 3. The van der Waals surface area contributed by atoms with Crippen LogP contribution in [0.15, 0.2) is 67.1 Å². The standard InChI is InChI=1S/C17H11FN4O/c18-12-6-8-14(9-7-12)23-17-15-10-21-22(16(15)19-11-20-17)13-4-2-1-3-5-13/h1-11H. The Labute approximate surface area is 131 Å². The van der Waals surface area contributed by atoms with E-state index in [0.29, 0.717) is 22.7 Å². The summed E-state index contributed by atoms with van der Waals surface area (Å²) in [4.78, 5) is 8.43. The van der Waals surface area contributed by atoms with Crippen molar-refractivity contribution in [2.24, 2.45) is 0 Å². The van der Waals surface area contributed by atoms with Crippen LogP contribution in [0.3, 0.4) is 0 Å². The molecule has 0 saturated heterocycles. The molecule has 0 amide bonds. The van der Waals surface area contributed by atoms with E-state index in [9.17, 15) is 4.39 Å². The molecular formula is C17H11FN4O. The topological polar surface area (TPSA) is 52.8 Å². The summed E-state index contributed by atoms with van der Waals surface area (Å²) in [6.07, 6.45) is 3.07. The summed E-state index contributed by atoms with van der Waals surface area (Å²) in [5, 5.41) is 5.04. The summed E-state index contributed by atoms with van der Waals surface area (Å²) in [5.74, 6) is 0.560. The highest BCUT2D eigenvalue weighted by Crippen LogP contribution is 2.27. The van der Waals surface area contributed by atoms with Gasteiger partial charge in [-0.3, -0.25) is 0 Å². The van der Waals surface area contributed by atoms with Crippen LogP contribution in [-0.4, -0.2) is 19.7 Å². The third-order valence-corrected chi connectivity index (χ3v) is 3.36. The van der Waals surface area contributed by atoms with Crippen molar-refractivity contribution in [1.29, 1.82) is 0 Å². The Bertz CT molecular complexity index is 951. The van der Waals surface area contributed by atoms with E-state index in [1.165, 1.54) is 18.5 Å². The lowest BCUT2D eigenvalue weighted by molar-refractivity contribution is 0.466. The van der Waals surface area contributed by atoms with Crippen LogP contribution >= 0.6 is 0 Å². The maximum atomic E-state index is 13.0. The number of hydrogen-bond acceptors (Lipinski definition) is 4. The van der Waals surface area contributed by atoms with E-state index in [-0.39, 0.29) is 5.82 Å². The molecule has 0 unspecified atom stereocenters. The number of ether oxygens (including phenoxy) is 1. The molecule has 23 heavy (non-hydrogen) atoms. The van der Waals surface area contributed by atoms with E-state index >= 15 is 0 Å². The van der Waals surface area contributed by atoms with Crippen LogP contribution in [0.2, 0.25) is 0 Å². The van der Waals surface area contributed by atoms with Crippen molar-refractivity contribution >= 4 is 11.0 Å². The normalized spacial score (nSPS) is 10.8. The number of hydrogen-bond donors (Lipinski definition) is 0. The van der Waals surface area contributed by atoms with E-state index in [0.717, 1.165) is 5.69 Å². The molecule has 6 heteroatoms. The molecular weight excluding hydrogens is 295 g/mol. The van der Waals surface area contributed by atoms with Crippen LogP contribution in [0.25, 0.3) is 16.7 Å². The highest BCUT2D eigenvalue weighted by molar-refractivity contribution is 5.81. The molecule has 112 valence electrons. The summed E-state index contributed by atoms with van der Waals surface area (Å²) in [5.41, 5.74) is 1.54. The van der Waals surface area contributed by atoms with Gasteiger partial charge in [0.05, 0.1) is 11.9 Å². The SMILES string of the molecule is Fc1ccc(Oc2ncnc3c2cnn3-c2ccccc2)cc1. The second-order valence-electron chi connectivity index (χ2n) is 4.86. The quantitative estimate of drug-likeness (QED) is 0.578. The number of aromatic nitrogens is 4. The summed E-state index contributed by atoms with van der Waals surface area (Å²) < 4.78 is 20.4. The predicted octanol–water partition coefficient (Wildman–Crippen LogP) is 3.75. The highest BCUT2D eigenvalue weighted by atomic mass is 19.1. The lowest BCUT2D eigenvalue weighted by Crippen LogP contribution is -1.98. The van der Waals surface area contributed by atoms with Gasteiger partial charge in [0.15, 0.2) is 5.65 Å². The first-order valence-electron chi connectivity index (χ1n) is 6.99. The molecule has 0 fully saturated rings. The minimum absolute atomic E-state index is 0.318. The minimum atomic E-state index is -0.318. The Hall–Kier alpha value is -3.28. The Morgan fingerprint density at radius 3 is 2.48 bits per heavy atom. The van der Waals surface area contributed by atoms with Gasteiger partial charge in [-0.2, -0.15) is 5.10 Å². The first-order chi connectivity index (χ1) is 11.3. The van der Waals surface area contributed by atoms with Crippen LogP contribution in [0, 0.1) is 5.82 Å². The maximum absolute atomic E-state index is 13.0. The molecule has 0 aliphatic heterocycles. The smallest absolute Gasteiger partial charge is 0.233 e. The molecule has 2 heterocycles. The van der Waals surface area contributed by atoms with Crippen molar-refractivity contribution in [3.63, 3.8) is 0 Å². The zero-order valence-electron chi connectivity index (χ0n) is 11.9. The predicted molar refractivity (Wildman–Crippen MR) is 83.1 cm³/mol. The van der Waals surface area contributed by atoms with Gasteiger partial charge in [0.1, 0.15) is 23.3 Å². The second-order valence-corrected chi connectivity index (χ2v) is 4.86. The van der Waals surface area contributed by atoms with Gasteiger partial charge in [-0.15, -0.1) is 0 Å². The summed E-state index contributed by atoms with van der Waals surface area (Å²) >= 11 is 0. The monoisotopic (exact) mass is 306 g/mol. The van der Waals surface area contributed by atoms with E-state index < -0.39 is 0 Å². The van der Waals surface area contributed by atoms with Gasteiger partial charge in [0.2, 0.25) is 5.88 Å². The number of fused-ring (bicyclic) bond motifs is 1. The van der Waals surface area contributed by atoms with Gasteiger partial charge in [0, 0.05) is 0 Å². The molecule has 0 atom stereocenters.